The number of fused-ring (bicyclic) bond motifs is 1. The molecule has 1 aliphatic rings. The highest BCUT2D eigenvalue weighted by atomic mass is 31.2. The van der Waals surface area contributed by atoms with Gasteiger partial charge in [-0.05, 0) is 38.1 Å². The van der Waals surface area contributed by atoms with Crippen molar-refractivity contribution in [1.82, 2.24) is 19.7 Å². The lowest BCUT2D eigenvalue weighted by molar-refractivity contribution is -0.144. The first-order chi connectivity index (χ1) is 19.0. The van der Waals surface area contributed by atoms with Crippen molar-refractivity contribution in [3.63, 3.8) is 0 Å². The number of ether oxygens (including phenoxy) is 2. The van der Waals surface area contributed by atoms with Gasteiger partial charge >= 0.3 is 13.7 Å². The smallest absolute Gasteiger partial charge is 0.459 e. The van der Waals surface area contributed by atoms with Crippen LogP contribution in [0, 0.1) is 11.3 Å². The van der Waals surface area contributed by atoms with Crippen LogP contribution in [-0.4, -0.2) is 68.3 Å². The Labute approximate surface area is 229 Å². The van der Waals surface area contributed by atoms with Crippen LogP contribution in [0.5, 0.6) is 5.75 Å². The van der Waals surface area contributed by atoms with Crippen LogP contribution in [0.15, 0.2) is 60.9 Å². The maximum absolute atomic E-state index is 13.9. The van der Waals surface area contributed by atoms with Crippen LogP contribution in [0.2, 0.25) is 0 Å². The number of nitrogens with one attached hydrogen (secondary N) is 1. The molecule has 2 aromatic heterocycles. The number of nitrogens with two attached hydrogens (primary N) is 1. The number of carbonyl (C=O) groups excluding carboxylic acids is 1. The van der Waals surface area contributed by atoms with E-state index < -0.39 is 50.3 Å². The lowest BCUT2D eigenvalue weighted by Crippen LogP contribution is -2.41. The lowest BCUT2D eigenvalue weighted by atomic mass is 9.92. The Hall–Kier alpha value is -3.83. The number of benzene rings is 1. The molecule has 1 saturated heterocycles. The zero-order valence-corrected chi connectivity index (χ0v) is 22.6. The fraction of sp³-hybridized carbons (Fsp3) is 0.360. The summed E-state index contributed by atoms with van der Waals surface area (Å²) in [4.78, 5) is 16.4. The summed E-state index contributed by atoms with van der Waals surface area (Å²) in [5.74, 6) is -0.479. The number of anilines is 1. The molecule has 1 fully saturated rings. The minimum absolute atomic E-state index is 0.0657. The highest BCUT2D eigenvalue weighted by Crippen LogP contribution is 2.47. The SMILES string of the molecule is C=C(C)[C@H](NP(=O)(OC[C@H]1O[C@@](C#N)(c2ccc3c(N)ncnn23)[C@H](O)[C@@H]1O)Oc1ccccc1)C(=O)OCC. The van der Waals surface area contributed by atoms with E-state index in [-0.39, 0.29) is 29.4 Å². The van der Waals surface area contributed by atoms with Crippen LogP contribution < -0.4 is 15.3 Å². The van der Waals surface area contributed by atoms with Crippen LogP contribution in [0.25, 0.3) is 5.52 Å². The third-order valence-electron chi connectivity index (χ3n) is 6.17. The molecule has 0 spiro atoms. The summed E-state index contributed by atoms with van der Waals surface area (Å²) < 4.78 is 37.4. The second kappa shape index (κ2) is 11.7. The molecule has 0 aliphatic carbocycles. The Balaban J connectivity index is 1.61. The summed E-state index contributed by atoms with van der Waals surface area (Å²) in [5.41, 5.74) is 4.50. The Kier molecular flexibility index (Phi) is 8.55. The maximum Gasteiger partial charge on any atom is 0.459 e. The molecule has 40 heavy (non-hydrogen) atoms. The number of aliphatic hydroxyl groups excluding tert-OH is 2. The molecule has 1 aromatic carbocycles. The van der Waals surface area contributed by atoms with Gasteiger partial charge in [0.15, 0.2) is 5.82 Å². The van der Waals surface area contributed by atoms with Gasteiger partial charge in [0, 0.05) is 0 Å². The third kappa shape index (κ3) is 5.57. The molecule has 4 rings (SSSR count). The van der Waals surface area contributed by atoms with Gasteiger partial charge in [-0.1, -0.05) is 30.4 Å². The molecule has 14 nitrogen and oxygen atoms in total. The predicted octanol–water partition coefficient (Wildman–Crippen LogP) is 1.45. The highest BCUT2D eigenvalue weighted by Gasteiger charge is 2.58. The second-order valence-corrected chi connectivity index (χ2v) is 10.7. The van der Waals surface area contributed by atoms with Gasteiger partial charge in [-0.2, -0.15) is 15.4 Å². The average molecular weight is 573 g/mol. The fourth-order valence-electron chi connectivity index (χ4n) is 4.18. The van der Waals surface area contributed by atoms with Crippen LogP contribution >= 0.6 is 7.75 Å². The monoisotopic (exact) mass is 572 g/mol. The standard InChI is InChI=1S/C25H29N6O8P/c1-4-36-24(34)20(15(2)3)30-40(35,39-16-8-6-5-7-9-16)37-12-18-21(32)22(33)25(13-26,38-18)19-11-10-17-23(27)28-14-29-31(17)19/h5-11,14,18,20-22,32-33H,2,4,12H2,1,3H3,(H,30,35)(H2,27,28,29)/t18-,20+,21-,22-,25+,40?/m1/s1. The minimum atomic E-state index is -4.39. The van der Waals surface area contributed by atoms with Gasteiger partial charge in [0.1, 0.15) is 48.0 Å². The average Bonchev–Trinajstić information content (AvgIpc) is 3.47. The second-order valence-electron chi connectivity index (χ2n) is 8.96. The van der Waals surface area contributed by atoms with Gasteiger partial charge < -0.3 is 29.9 Å². The Bertz CT molecular complexity index is 1480. The number of para-hydroxylation sites is 1. The van der Waals surface area contributed by atoms with Crippen molar-refractivity contribution in [3.8, 4) is 11.8 Å². The van der Waals surface area contributed by atoms with Crippen molar-refractivity contribution in [2.45, 2.75) is 43.8 Å². The van der Waals surface area contributed by atoms with Crippen molar-refractivity contribution in [1.29, 1.82) is 5.26 Å². The van der Waals surface area contributed by atoms with Crippen molar-refractivity contribution in [2.24, 2.45) is 0 Å². The number of rotatable bonds is 11. The number of nitriles is 1. The first-order valence-corrected chi connectivity index (χ1v) is 13.7. The normalized spacial score (nSPS) is 24.6. The van der Waals surface area contributed by atoms with Crippen LogP contribution in [0.1, 0.15) is 19.5 Å². The predicted molar refractivity (Wildman–Crippen MR) is 141 cm³/mol. The van der Waals surface area contributed by atoms with E-state index in [9.17, 15) is 24.8 Å². The Morgan fingerprint density at radius 3 is 2.73 bits per heavy atom. The Morgan fingerprint density at radius 2 is 2.08 bits per heavy atom. The fourth-order valence-corrected chi connectivity index (χ4v) is 5.74. The third-order valence-corrected chi connectivity index (χ3v) is 7.68. The topological polar surface area (TPSA) is 204 Å². The number of nitrogen functional groups attached to an aromatic ring is 1. The van der Waals surface area contributed by atoms with E-state index in [0.717, 1.165) is 0 Å². The van der Waals surface area contributed by atoms with Gasteiger partial charge in [0.05, 0.1) is 18.9 Å². The molecule has 5 N–H and O–H groups in total. The first-order valence-electron chi connectivity index (χ1n) is 12.2. The minimum Gasteiger partial charge on any atom is -0.465 e. The largest absolute Gasteiger partial charge is 0.465 e. The molecule has 15 heteroatoms. The molecule has 212 valence electrons. The van der Waals surface area contributed by atoms with Gasteiger partial charge in [-0.25, -0.2) is 18.9 Å². The van der Waals surface area contributed by atoms with Crippen molar-refractivity contribution < 1.29 is 38.1 Å². The van der Waals surface area contributed by atoms with Crippen molar-refractivity contribution >= 4 is 25.1 Å². The molecule has 1 aliphatic heterocycles. The summed E-state index contributed by atoms with van der Waals surface area (Å²) in [6.45, 7) is 6.34. The summed E-state index contributed by atoms with van der Waals surface area (Å²) in [6.07, 6.45) is -3.61. The zero-order valence-electron chi connectivity index (χ0n) is 21.7. The maximum atomic E-state index is 13.9. The molecule has 1 unspecified atom stereocenters. The molecule has 0 bridgehead atoms. The van der Waals surface area contributed by atoms with E-state index in [1.807, 2.05) is 6.07 Å². The number of hydrogen-bond donors (Lipinski definition) is 4. The van der Waals surface area contributed by atoms with Crippen molar-refractivity contribution in [2.75, 3.05) is 18.9 Å². The van der Waals surface area contributed by atoms with E-state index in [2.05, 4.69) is 21.7 Å². The van der Waals surface area contributed by atoms with E-state index in [4.69, 9.17) is 24.3 Å². The lowest BCUT2D eigenvalue weighted by Gasteiger charge is -2.26. The summed E-state index contributed by atoms with van der Waals surface area (Å²) in [6, 6.07) is 11.7. The van der Waals surface area contributed by atoms with Gasteiger partial charge in [0.25, 0.3) is 0 Å². The number of nitrogens with zero attached hydrogens (tertiary/aromatic N) is 4. The molecule has 3 heterocycles. The number of esters is 1. The number of hydrogen-bond acceptors (Lipinski definition) is 12. The van der Waals surface area contributed by atoms with E-state index >= 15 is 0 Å². The van der Waals surface area contributed by atoms with E-state index in [0.29, 0.717) is 5.52 Å². The van der Waals surface area contributed by atoms with Gasteiger partial charge in [0.2, 0.25) is 5.60 Å². The molecule has 6 atom stereocenters. The molecular formula is C25H29N6O8P. The zero-order chi connectivity index (χ0) is 29.1. The molecule has 3 aromatic rings. The number of carbonyl (C=O) groups is 1. The van der Waals surface area contributed by atoms with Crippen LogP contribution in [0.4, 0.5) is 5.82 Å². The van der Waals surface area contributed by atoms with E-state index in [1.165, 1.54) is 42.0 Å². The molecule has 0 saturated carbocycles. The van der Waals surface area contributed by atoms with Crippen LogP contribution in [-0.2, 0) is 29.0 Å². The molecule has 0 amide bonds. The number of aromatic nitrogens is 3. The quantitative estimate of drug-likeness (QED) is 0.146. The van der Waals surface area contributed by atoms with Gasteiger partial charge in [-0.3, -0.25) is 4.52 Å². The summed E-state index contributed by atoms with van der Waals surface area (Å²) in [7, 11) is -4.39. The van der Waals surface area contributed by atoms with Gasteiger partial charge in [-0.15, -0.1) is 0 Å². The summed E-state index contributed by atoms with van der Waals surface area (Å²) in [5, 5.41) is 38.6. The molecular weight excluding hydrogens is 543 g/mol. The summed E-state index contributed by atoms with van der Waals surface area (Å²) >= 11 is 0. The molecule has 0 radical (unpaired) electrons. The first kappa shape index (κ1) is 29.2. The van der Waals surface area contributed by atoms with E-state index in [1.54, 1.807) is 25.1 Å². The van der Waals surface area contributed by atoms with Crippen molar-refractivity contribution in [3.05, 3.63) is 66.6 Å². The van der Waals surface area contributed by atoms with Crippen LogP contribution in [0.3, 0.4) is 0 Å². The number of aliphatic hydroxyl groups is 2. The Morgan fingerprint density at radius 1 is 1.35 bits per heavy atom. The highest BCUT2D eigenvalue weighted by molar-refractivity contribution is 7.52.